The maximum absolute atomic E-state index is 11.9. The molecule has 0 unspecified atom stereocenters. The van der Waals surface area contributed by atoms with Gasteiger partial charge in [-0.25, -0.2) is 4.79 Å². The highest BCUT2D eigenvalue weighted by Gasteiger charge is 2.21. The fourth-order valence-electron chi connectivity index (χ4n) is 2.20. The summed E-state index contributed by atoms with van der Waals surface area (Å²) in [4.78, 5) is 11.9. The van der Waals surface area contributed by atoms with E-state index >= 15 is 0 Å². The summed E-state index contributed by atoms with van der Waals surface area (Å²) in [5, 5.41) is 1.45. The van der Waals surface area contributed by atoms with Crippen molar-refractivity contribution >= 4 is 16.7 Å². The highest BCUT2D eigenvalue weighted by molar-refractivity contribution is 6.08. The van der Waals surface area contributed by atoms with Crippen LogP contribution in [0, 0.1) is 0 Å². The molecule has 2 aromatic carbocycles. The van der Waals surface area contributed by atoms with Crippen LogP contribution in [0.15, 0.2) is 24.3 Å². The van der Waals surface area contributed by atoms with Crippen molar-refractivity contribution in [1.29, 1.82) is 0 Å². The van der Waals surface area contributed by atoms with E-state index in [1.807, 2.05) is 6.07 Å². The molecule has 20 heavy (non-hydrogen) atoms. The van der Waals surface area contributed by atoms with Crippen LogP contribution in [0.4, 0.5) is 0 Å². The predicted molar refractivity (Wildman–Crippen MR) is 74.9 cm³/mol. The van der Waals surface area contributed by atoms with Gasteiger partial charge >= 0.3 is 5.97 Å². The first-order valence-electron chi connectivity index (χ1n) is 5.97. The summed E-state index contributed by atoms with van der Waals surface area (Å²) in [5.41, 5.74) is 0.419. The second-order valence-electron chi connectivity index (χ2n) is 4.04. The Hall–Kier alpha value is -2.43. The molecule has 0 heterocycles. The lowest BCUT2D eigenvalue weighted by molar-refractivity contribution is 0.0603. The molecular formula is C15H16O5. The van der Waals surface area contributed by atoms with E-state index in [4.69, 9.17) is 18.9 Å². The number of methoxy groups -OCH3 is 4. The Balaban J connectivity index is 2.90. The lowest BCUT2D eigenvalue weighted by Gasteiger charge is -2.16. The molecule has 0 aromatic heterocycles. The SMILES string of the molecule is COC(=O)c1cccc2cc(OC)c(OC)c(OC)c12. The topological polar surface area (TPSA) is 54.0 Å². The van der Waals surface area contributed by atoms with Crippen molar-refractivity contribution in [1.82, 2.24) is 0 Å². The number of ether oxygens (including phenoxy) is 4. The zero-order valence-corrected chi connectivity index (χ0v) is 11.9. The smallest absolute Gasteiger partial charge is 0.338 e. The Kier molecular flexibility index (Phi) is 3.98. The third-order valence-electron chi connectivity index (χ3n) is 3.07. The Morgan fingerprint density at radius 2 is 1.65 bits per heavy atom. The third-order valence-corrected chi connectivity index (χ3v) is 3.07. The number of rotatable bonds is 4. The lowest BCUT2D eigenvalue weighted by atomic mass is 10.0. The summed E-state index contributed by atoms with van der Waals surface area (Å²) in [6, 6.07) is 7.12. The molecule has 5 heteroatoms. The number of carbonyl (C=O) groups excluding carboxylic acids is 1. The van der Waals surface area contributed by atoms with Gasteiger partial charge in [0.1, 0.15) is 0 Å². The lowest BCUT2D eigenvalue weighted by Crippen LogP contribution is -2.04. The molecule has 0 aliphatic heterocycles. The van der Waals surface area contributed by atoms with Crippen LogP contribution in [-0.2, 0) is 4.74 Å². The molecule has 2 rings (SSSR count). The Morgan fingerprint density at radius 1 is 0.950 bits per heavy atom. The molecule has 0 N–H and O–H groups in total. The molecule has 0 spiro atoms. The second kappa shape index (κ2) is 5.69. The molecule has 0 saturated carbocycles. The number of esters is 1. The fraction of sp³-hybridized carbons (Fsp3) is 0.267. The molecule has 0 saturated heterocycles. The van der Waals surface area contributed by atoms with Crippen LogP contribution in [0.25, 0.3) is 10.8 Å². The highest BCUT2D eigenvalue weighted by atomic mass is 16.5. The summed E-state index contributed by atoms with van der Waals surface area (Å²) in [7, 11) is 5.93. The zero-order chi connectivity index (χ0) is 14.7. The Morgan fingerprint density at radius 3 is 2.20 bits per heavy atom. The number of benzene rings is 2. The summed E-state index contributed by atoms with van der Waals surface area (Å²) >= 11 is 0. The zero-order valence-electron chi connectivity index (χ0n) is 11.9. The highest BCUT2D eigenvalue weighted by Crippen LogP contribution is 2.44. The van der Waals surface area contributed by atoms with Gasteiger partial charge in [-0.2, -0.15) is 0 Å². The molecule has 0 fully saturated rings. The molecule has 0 radical (unpaired) electrons. The van der Waals surface area contributed by atoms with E-state index in [1.165, 1.54) is 21.3 Å². The summed E-state index contributed by atoms with van der Waals surface area (Å²) < 4.78 is 20.8. The first-order valence-corrected chi connectivity index (χ1v) is 5.97. The minimum Gasteiger partial charge on any atom is -0.493 e. The van der Waals surface area contributed by atoms with E-state index in [2.05, 4.69) is 0 Å². The van der Waals surface area contributed by atoms with Gasteiger partial charge in [-0.15, -0.1) is 0 Å². The molecular weight excluding hydrogens is 260 g/mol. The van der Waals surface area contributed by atoms with Gasteiger partial charge in [0, 0.05) is 5.39 Å². The van der Waals surface area contributed by atoms with Crippen LogP contribution < -0.4 is 14.2 Å². The maximum Gasteiger partial charge on any atom is 0.338 e. The van der Waals surface area contributed by atoms with Crippen molar-refractivity contribution in [3.05, 3.63) is 29.8 Å². The normalized spacial score (nSPS) is 10.2. The summed E-state index contributed by atoms with van der Waals surface area (Å²) in [6.45, 7) is 0. The van der Waals surface area contributed by atoms with Crippen molar-refractivity contribution in [3.8, 4) is 17.2 Å². The van der Waals surface area contributed by atoms with Crippen molar-refractivity contribution in [2.24, 2.45) is 0 Å². The molecule has 0 atom stereocenters. The van der Waals surface area contributed by atoms with Gasteiger partial charge in [0.25, 0.3) is 0 Å². The largest absolute Gasteiger partial charge is 0.493 e. The van der Waals surface area contributed by atoms with Crippen molar-refractivity contribution in [2.45, 2.75) is 0 Å². The van der Waals surface area contributed by atoms with Crippen LogP contribution in [0.5, 0.6) is 17.2 Å². The maximum atomic E-state index is 11.9. The number of fused-ring (bicyclic) bond motifs is 1. The number of hydrogen-bond acceptors (Lipinski definition) is 5. The van der Waals surface area contributed by atoms with Crippen LogP contribution in [0.1, 0.15) is 10.4 Å². The monoisotopic (exact) mass is 276 g/mol. The van der Waals surface area contributed by atoms with Gasteiger partial charge in [0.05, 0.1) is 34.0 Å². The van der Waals surface area contributed by atoms with Gasteiger partial charge < -0.3 is 18.9 Å². The van der Waals surface area contributed by atoms with Crippen LogP contribution in [-0.4, -0.2) is 34.4 Å². The van der Waals surface area contributed by atoms with Crippen molar-refractivity contribution < 1.29 is 23.7 Å². The van der Waals surface area contributed by atoms with Crippen molar-refractivity contribution in [2.75, 3.05) is 28.4 Å². The van der Waals surface area contributed by atoms with E-state index in [0.29, 0.717) is 28.2 Å². The molecule has 0 amide bonds. The average molecular weight is 276 g/mol. The number of hydrogen-bond donors (Lipinski definition) is 0. The molecule has 106 valence electrons. The predicted octanol–water partition coefficient (Wildman–Crippen LogP) is 2.65. The first kappa shape index (κ1) is 14.0. The third kappa shape index (κ3) is 2.11. The van der Waals surface area contributed by atoms with E-state index in [-0.39, 0.29) is 0 Å². The second-order valence-corrected chi connectivity index (χ2v) is 4.04. The van der Waals surface area contributed by atoms with Crippen molar-refractivity contribution in [3.63, 3.8) is 0 Å². The Bertz CT molecular complexity index is 648. The van der Waals surface area contributed by atoms with E-state index in [9.17, 15) is 4.79 Å². The fourth-order valence-corrected chi connectivity index (χ4v) is 2.20. The van der Waals surface area contributed by atoms with Gasteiger partial charge in [0.15, 0.2) is 11.5 Å². The average Bonchev–Trinajstić information content (AvgIpc) is 2.51. The molecule has 0 aliphatic carbocycles. The molecule has 5 nitrogen and oxygen atoms in total. The van der Waals surface area contributed by atoms with E-state index < -0.39 is 5.97 Å². The molecule has 0 aliphatic rings. The van der Waals surface area contributed by atoms with Crippen LogP contribution >= 0.6 is 0 Å². The van der Waals surface area contributed by atoms with Gasteiger partial charge in [-0.05, 0) is 17.5 Å². The van der Waals surface area contributed by atoms with Crippen LogP contribution in [0.3, 0.4) is 0 Å². The molecule has 2 aromatic rings. The summed E-state index contributed by atoms with van der Waals surface area (Å²) in [6.07, 6.45) is 0. The number of carbonyl (C=O) groups is 1. The van der Waals surface area contributed by atoms with E-state index in [0.717, 1.165) is 5.39 Å². The van der Waals surface area contributed by atoms with Crippen LogP contribution in [0.2, 0.25) is 0 Å². The minimum absolute atomic E-state index is 0.419. The minimum atomic E-state index is -0.430. The summed E-state index contributed by atoms with van der Waals surface area (Å²) in [5.74, 6) is 1.00. The van der Waals surface area contributed by atoms with E-state index in [1.54, 1.807) is 25.3 Å². The van der Waals surface area contributed by atoms with Gasteiger partial charge in [0.2, 0.25) is 5.75 Å². The van der Waals surface area contributed by atoms with Gasteiger partial charge in [-0.3, -0.25) is 0 Å². The standard InChI is InChI=1S/C15H16O5/c1-17-11-8-9-6-5-7-10(15(16)20-4)12(9)14(19-3)13(11)18-2/h5-8H,1-4H3. The van der Waals surface area contributed by atoms with Gasteiger partial charge in [-0.1, -0.05) is 12.1 Å². The molecule has 0 bridgehead atoms. The first-order chi connectivity index (χ1) is 9.67. The Labute approximate surface area is 117 Å². The quantitative estimate of drug-likeness (QED) is 0.803.